The number of nitrogens with zero attached hydrogens (tertiary/aromatic N) is 5. The molecular formula is C14H18N6O. The summed E-state index contributed by atoms with van der Waals surface area (Å²) in [4.78, 5) is 22.8. The van der Waals surface area contributed by atoms with E-state index in [9.17, 15) is 4.79 Å². The molecule has 0 atom stereocenters. The van der Waals surface area contributed by atoms with Crippen LogP contribution in [-0.2, 0) is 17.9 Å². The lowest BCUT2D eigenvalue weighted by Crippen LogP contribution is -2.28. The Bertz CT molecular complexity index is 591. The summed E-state index contributed by atoms with van der Waals surface area (Å²) in [6.45, 7) is 2.64. The number of hydrogen-bond donors (Lipinski definition) is 1. The average molecular weight is 286 g/mol. The van der Waals surface area contributed by atoms with E-state index in [2.05, 4.69) is 25.3 Å². The number of rotatable bonds is 5. The monoisotopic (exact) mass is 286 g/mol. The normalized spacial score (nSPS) is 14.4. The van der Waals surface area contributed by atoms with Crippen LogP contribution in [0.25, 0.3) is 0 Å². The molecule has 21 heavy (non-hydrogen) atoms. The number of carbonyl (C=O) groups is 1. The Morgan fingerprint density at radius 3 is 2.90 bits per heavy atom. The summed E-state index contributed by atoms with van der Waals surface area (Å²) in [6, 6.07) is 3.62. The van der Waals surface area contributed by atoms with E-state index in [0.717, 1.165) is 24.7 Å². The van der Waals surface area contributed by atoms with E-state index in [4.69, 9.17) is 0 Å². The van der Waals surface area contributed by atoms with Crippen molar-refractivity contribution in [2.75, 3.05) is 18.0 Å². The molecule has 0 aliphatic carbocycles. The summed E-state index contributed by atoms with van der Waals surface area (Å²) in [5.74, 6) is 0.673. The molecule has 3 heterocycles. The van der Waals surface area contributed by atoms with Crippen molar-refractivity contribution < 1.29 is 4.79 Å². The summed E-state index contributed by atoms with van der Waals surface area (Å²) < 4.78 is 1.59. The molecule has 0 aromatic carbocycles. The predicted molar refractivity (Wildman–Crippen MR) is 77.6 cm³/mol. The van der Waals surface area contributed by atoms with Crippen LogP contribution >= 0.6 is 0 Å². The molecule has 0 bridgehead atoms. The van der Waals surface area contributed by atoms with Crippen LogP contribution in [0.2, 0.25) is 0 Å². The van der Waals surface area contributed by atoms with Gasteiger partial charge in [-0.1, -0.05) is 0 Å². The minimum atomic E-state index is -0.0833. The Kier molecular flexibility index (Phi) is 4.09. The van der Waals surface area contributed by atoms with Crippen LogP contribution in [-0.4, -0.2) is 38.7 Å². The molecule has 2 aromatic rings. The molecular weight excluding hydrogens is 268 g/mol. The minimum absolute atomic E-state index is 0.0833. The predicted octanol–water partition coefficient (Wildman–Crippen LogP) is 0.590. The highest BCUT2D eigenvalue weighted by atomic mass is 16.2. The zero-order chi connectivity index (χ0) is 14.5. The second-order valence-corrected chi connectivity index (χ2v) is 5.02. The van der Waals surface area contributed by atoms with Crippen molar-refractivity contribution in [2.45, 2.75) is 25.9 Å². The Morgan fingerprint density at radius 2 is 2.14 bits per heavy atom. The maximum Gasteiger partial charge on any atom is 0.242 e. The zero-order valence-corrected chi connectivity index (χ0v) is 11.8. The van der Waals surface area contributed by atoms with Crippen LogP contribution in [0.4, 0.5) is 5.95 Å². The third-order valence-electron chi connectivity index (χ3n) is 3.42. The van der Waals surface area contributed by atoms with E-state index in [-0.39, 0.29) is 12.5 Å². The lowest BCUT2D eigenvalue weighted by atomic mass is 10.4. The molecule has 2 aromatic heterocycles. The highest BCUT2D eigenvalue weighted by molar-refractivity contribution is 5.75. The maximum atomic E-state index is 11.8. The molecule has 1 aliphatic heterocycles. The summed E-state index contributed by atoms with van der Waals surface area (Å²) in [7, 11) is 0. The van der Waals surface area contributed by atoms with Crippen LogP contribution in [0.15, 0.2) is 30.7 Å². The van der Waals surface area contributed by atoms with Crippen LogP contribution in [0.5, 0.6) is 0 Å². The van der Waals surface area contributed by atoms with Crippen LogP contribution < -0.4 is 10.2 Å². The van der Waals surface area contributed by atoms with Gasteiger partial charge in [0.1, 0.15) is 6.54 Å². The lowest BCUT2D eigenvalue weighted by Gasteiger charge is -2.15. The molecule has 1 N–H and O–H groups in total. The van der Waals surface area contributed by atoms with Gasteiger partial charge in [0.25, 0.3) is 0 Å². The summed E-state index contributed by atoms with van der Waals surface area (Å²) in [6.07, 6.45) is 7.54. The van der Waals surface area contributed by atoms with Gasteiger partial charge in [-0.25, -0.2) is 9.97 Å². The smallest absolute Gasteiger partial charge is 0.242 e. The second-order valence-electron chi connectivity index (χ2n) is 5.02. The number of hydrogen-bond acceptors (Lipinski definition) is 5. The van der Waals surface area contributed by atoms with Gasteiger partial charge in [-0.2, -0.15) is 5.10 Å². The summed E-state index contributed by atoms with van der Waals surface area (Å²) in [5, 5.41) is 6.85. The number of anilines is 1. The van der Waals surface area contributed by atoms with Gasteiger partial charge in [0, 0.05) is 31.7 Å². The van der Waals surface area contributed by atoms with E-state index in [1.807, 2.05) is 6.07 Å². The van der Waals surface area contributed by atoms with Gasteiger partial charge in [-0.05, 0) is 25.0 Å². The van der Waals surface area contributed by atoms with E-state index >= 15 is 0 Å². The third kappa shape index (κ3) is 3.56. The fraction of sp³-hybridized carbons (Fsp3) is 0.429. The molecule has 0 saturated carbocycles. The fourth-order valence-electron chi connectivity index (χ4n) is 2.34. The van der Waals surface area contributed by atoms with Crippen molar-refractivity contribution in [3.8, 4) is 0 Å². The number of aromatic nitrogens is 4. The standard InChI is InChI=1S/C14H18N6O/c21-13(11-20-9-3-5-17-20)16-10-12-4-6-15-14(18-12)19-7-1-2-8-19/h3-6,9H,1-2,7-8,10-11H2,(H,16,21). The Hall–Kier alpha value is -2.44. The topological polar surface area (TPSA) is 75.9 Å². The molecule has 0 spiro atoms. The van der Waals surface area contributed by atoms with Crippen LogP contribution in [0, 0.1) is 0 Å². The third-order valence-corrected chi connectivity index (χ3v) is 3.42. The Labute approximate surface area is 123 Å². The van der Waals surface area contributed by atoms with Crippen molar-refractivity contribution in [1.82, 2.24) is 25.1 Å². The van der Waals surface area contributed by atoms with Gasteiger partial charge in [0.15, 0.2) is 0 Å². The lowest BCUT2D eigenvalue weighted by molar-refractivity contribution is -0.122. The van der Waals surface area contributed by atoms with Gasteiger partial charge in [-0.15, -0.1) is 0 Å². The maximum absolute atomic E-state index is 11.8. The fourth-order valence-corrected chi connectivity index (χ4v) is 2.34. The molecule has 3 rings (SSSR count). The minimum Gasteiger partial charge on any atom is -0.349 e. The highest BCUT2D eigenvalue weighted by Crippen LogP contribution is 2.15. The summed E-state index contributed by atoms with van der Waals surface area (Å²) >= 11 is 0. The number of nitrogens with one attached hydrogen (secondary N) is 1. The van der Waals surface area contributed by atoms with E-state index in [0.29, 0.717) is 6.54 Å². The quantitative estimate of drug-likeness (QED) is 0.870. The summed E-state index contributed by atoms with van der Waals surface area (Å²) in [5.41, 5.74) is 0.820. The zero-order valence-electron chi connectivity index (χ0n) is 11.8. The largest absolute Gasteiger partial charge is 0.349 e. The SMILES string of the molecule is O=C(Cn1cccn1)NCc1ccnc(N2CCCC2)n1. The van der Waals surface area contributed by atoms with Gasteiger partial charge in [0.2, 0.25) is 11.9 Å². The Morgan fingerprint density at radius 1 is 1.29 bits per heavy atom. The van der Waals surface area contributed by atoms with E-state index in [1.54, 1.807) is 29.3 Å². The number of amides is 1. The molecule has 7 heteroatoms. The molecule has 110 valence electrons. The molecule has 1 saturated heterocycles. The second kappa shape index (κ2) is 6.34. The first-order valence-corrected chi connectivity index (χ1v) is 7.12. The van der Waals surface area contributed by atoms with Gasteiger partial charge < -0.3 is 10.2 Å². The highest BCUT2D eigenvalue weighted by Gasteiger charge is 2.15. The van der Waals surface area contributed by atoms with Crippen molar-refractivity contribution in [3.05, 3.63) is 36.4 Å². The van der Waals surface area contributed by atoms with E-state index in [1.165, 1.54) is 12.8 Å². The molecule has 7 nitrogen and oxygen atoms in total. The molecule has 0 unspecified atom stereocenters. The molecule has 0 radical (unpaired) electrons. The molecule has 1 fully saturated rings. The van der Waals surface area contributed by atoms with Crippen molar-refractivity contribution in [1.29, 1.82) is 0 Å². The van der Waals surface area contributed by atoms with Gasteiger partial charge in [-0.3, -0.25) is 9.48 Å². The van der Waals surface area contributed by atoms with E-state index < -0.39 is 0 Å². The first-order valence-electron chi connectivity index (χ1n) is 7.12. The van der Waals surface area contributed by atoms with Crippen LogP contribution in [0.3, 0.4) is 0 Å². The molecule has 1 amide bonds. The number of carbonyl (C=O) groups excluding carboxylic acids is 1. The first kappa shape index (κ1) is 13.5. The average Bonchev–Trinajstić information content (AvgIpc) is 3.19. The Balaban J connectivity index is 1.55. The molecule has 1 aliphatic rings. The first-order chi connectivity index (χ1) is 10.3. The van der Waals surface area contributed by atoms with Crippen molar-refractivity contribution >= 4 is 11.9 Å². The van der Waals surface area contributed by atoms with Crippen molar-refractivity contribution in [2.24, 2.45) is 0 Å². The van der Waals surface area contributed by atoms with Crippen molar-refractivity contribution in [3.63, 3.8) is 0 Å². The van der Waals surface area contributed by atoms with Gasteiger partial charge in [0.05, 0.1) is 12.2 Å². The van der Waals surface area contributed by atoms with Gasteiger partial charge >= 0.3 is 0 Å². The van der Waals surface area contributed by atoms with Crippen LogP contribution in [0.1, 0.15) is 18.5 Å².